The van der Waals surface area contributed by atoms with Crippen LogP contribution in [0.3, 0.4) is 0 Å². The van der Waals surface area contributed by atoms with Crippen LogP contribution in [0.25, 0.3) is 0 Å². The van der Waals surface area contributed by atoms with Crippen LogP contribution in [-0.4, -0.2) is 33.9 Å². The van der Waals surface area contributed by atoms with Crippen molar-refractivity contribution in [1.29, 1.82) is 0 Å². The summed E-state index contributed by atoms with van der Waals surface area (Å²) in [6.07, 6.45) is 6.82. The lowest BCUT2D eigenvalue weighted by Gasteiger charge is -2.27. The minimum absolute atomic E-state index is 0.167. The van der Waals surface area contributed by atoms with Crippen molar-refractivity contribution in [2.45, 2.75) is 32.7 Å². The lowest BCUT2D eigenvalue weighted by atomic mass is 10.1. The molecular formula is C17H20BrN5O. The van der Waals surface area contributed by atoms with Crippen molar-refractivity contribution >= 4 is 27.8 Å². The van der Waals surface area contributed by atoms with Gasteiger partial charge in [0.05, 0.1) is 17.8 Å². The van der Waals surface area contributed by atoms with E-state index < -0.39 is 0 Å². The lowest BCUT2D eigenvalue weighted by Crippen LogP contribution is -2.32. The van der Waals surface area contributed by atoms with Crippen molar-refractivity contribution in [2.75, 3.05) is 18.0 Å². The average Bonchev–Trinajstić information content (AvgIpc) is 2.60. The smallest absolute Gasteiger partial charge is 0.253 e. The van der Waals surface area contributed by atoms with E-state index in [0.29, 0.717) is 12.1 Å². The summed E-state index contributed by atoms with van der Waals surface area (Å²) >= 11 is 3.32. The first-order chi connectivity index (χ1) is 11.6. The number of rotatable bonds is 4. The van der Waals surface area contributed by atoms with E-state index in [9.17, 15) is 4.79 Å². The Bertz CT molecular complexity index is 731. The van der Waals surface area contributed by atoms with Crippen LogP contribution in [0, 0.1) is 6.92 Å². The number of carbonyl (C=O) groups excluding carboxylic acids is 1. The molecule has 1 aliphatic heterocycles. The zero-order valence-electron chi connectivity index (χ0n) is 13.6. The summed E-state index contributed by atoms with van der Waals surface area (Å²) in [7, 11) is 0. The molecule has 0 atom stereocenters. The van der Waals surface area contributed by atoms with E-state index in [1.165, 1.54) is 19.3 Å². The number of amides is 1. The van der Waals surface area contributed by atoms with E-state index in [0.717, 1.165) is 34.9 Å². The molecule has 2 aromatic rings. The normalized spacial score (nSPS) is 14.5. The number of halogens is 1. The Morgan fingerprint density at radius 1 is 1.21 bits per heavy atom. The molecule has 3 heterocycles. The van der Waals surface area contributed by atoms with Crippen LogP contribution in [0.5, 0.6) is 0 Å². The molecule has 0 bridgehead atoms. The van der Waals surface area contributed by atoms with E-state index in [2.05, 4.69) is 41.1 Å². The number of piperidine rings is 1. The Morgan fingerprint density at radius 3 is 2.75 bits per heavy atom. The molecule has 0 unspecified atom stereocenters. The molecule has 0 aliphatic carbocycles. The maximum absolute atomic E-state index is 12.2. The van der Waals surface area contributed by atoms with E-state index >= 15 is 0 Å². The van der Waals surface area contributed by atoms with Gasteiger partial charge in [0.1, 0.15) is 0 Å². The number of anilines is 1. The monoisotopic (exact) mass is 389 g/mol. The van der Waals surface area contributed by atoms with E-state index in [1.807, 2.05) is 13.0 Å². The molecule has 1 N–H and O–H groups in total. The predicted octanol–water partition coefficient (Wildman–Crippen LogP) is 2.86. The second-order valence-corrected chi connectivity index (χ2v) is 6.84. The van der Waals surface area contributed by atoms with Crippen LogP contribution in [0.2, 0.25) is 0 Å². The van der Waals surface area contributed by atoms with E-state index in [-0.39, 0.29) is 5.91 Å². The maximum Gasteiger partial charge on any atom is 0.253 e. The van der Waals surface area contributed by atoms with Crippen LogP contribution < -0.4 is 10.2 Å². The summed E-state index contributed by atoms with van der Waals surface area (Å²) < 4.78 is 0.778. The Morgan fingerprint density at radius 2 is 2.00 bits per heavy atom. The molecule has 0 aromatic carbocycles. The first-order valence-electron chi connectivity index (χ1n) is 8.10. The molecular weight excluding hydrogens is 370 g/mol. The summed E-state index contributed by atoms with van der Waals surface area (Å²) in [5.41, 5.74) is 2.25. The van der Waals surface area contributed by atoms with Gasteiger partial charge in [-0.05, 0) is 54.2 Å². The minimum atomic E-state index is -0.167. The fourth-order valence-electron chi connectivity index (χ4n) is 2.75. The number of pyridine rings is 1. The zero-order valence-corrected chi connectivity index (χ0v) is 15.2. The second kappa shape index (κ2) is 7.70. The SMILES string of the molecule is Cc1cc(CNC(=O)c2cncc(Br)c2)nc(N2CCCCC2)n1. The molecule has 2 aromatic heterocycles. The Kier molecular flexibility index (Phi) is 5.40. The molecule has 0 radical (unpaired) electrons. The molecule has 1 fully saturated rings. The van der Waals surface area contributed by atoms with Crippen LogP contribution in [0.1, 0.15) is 41.0 Å². The summed E-state index contributed by atoms with van der Waals surface area (Å²) in [4.78, 5) is 27.6. The van der Waals surface area contributed by atoms with E-state index in [1.54, 1.807) is 18.5 Å². The topological polar surface area (TPSA) is 71.0 Å². The van der Waals surface area contributed by atoms with Gasteiger partial charge in [0.2, 0.25) is 5.95 Å². The fraction of sp³-hybridized carbons (Fsp3) is 0.412. The molecule has 7 heteroatoms. The number of aromatic nitrogens is 3. The van der Waals surface area contributed by atoms with Crippen LogP contribution in [-0.2, 0) is 6.54 Å². The van der Waals surface area contributed by atoms with Gasteiger partial charge in [-0.2, -0.15) is 0 Å². The number of nitrogens with zero attached hydrogens (tertiary/aromatic N) is 4. The standard InChI is InChI=1S/C17H20BrN5O/c1-12-7-15(22-17(21-12)23-5-3-2-4-6-23)11-20-16(24)13-8-14(18)10-19-9-13/h7-10H,2-6,11H2,1H3,(H,20,24). The Hall–Kier alpha value is -2.02. The number of aryl methyl sites for hydroxylation is 1. The minimum Gasteiger partial charge on any atom is -0.346 e. The quantitative estimate of drug-likeness (QED) is 0.870. The summed E-state index contributed by atoms with van der Waals surface area (Å²) in [6, 6.07) is 3.65. The zero-order chi connectivity index (χ0) is 16.9. The van der Waals surface area contributed by atoms with Gasteiger partial charge >= 0.3 is 0 Å². The summed E-state index contributed by atoms with van der Waals surface area (Å²) in [6.45, 7) is 4.33. The first-order valence-corrected chi connectivity index (χ1v) is 8.89. The molecule has 1 saturated heterocycles. The molecule has 3 rings (SSSR count). The van der Waals surface area contributed by atoms with Crippen LogP contribution in [0.4, 0.5) is 5.95 Å². The largest absolute Gasteiger partial charge is 0.346 e. The highest BCUT2D eigenvalue weighted by atomic mass is 79.9. The van der Waals surface area contributed by atoms with Gasteiger partial charge in [0.15, 0.2) is 0 Å². The molecule has 126 valence electrons. The third-order valence-corrected chi connectivity index (χ3v) is 4.37. The average molecular weight is 390 g/mol. The van der Waals surface area contributed by atoms with Crippen molar-refractivity contribution in [3.8, 4) is 0 Å². The number of hydrogen-bond donors (Lipinski definition) is 1. The Balaban J connectivity index is 1.68. The first kappa shape index (κ1) is 16.8. The van der Waals surface area contributed by atoms with Crippen LogP contribution in [0.15, 0.2) is 29.0 Å². The van der Waals surface area contributed by atoms with Gasteiger partial charge in [-0.25, -0.2) is 9.97 Å². The molecule has 24 heavy (non-hydrogen) atoms. The summed E-state index contributed by atoms with van der Waals surface area (Å²) in [5, 5.41) is 2.89. The van der Waals surface area contributed by atoms with Gasteiger partial charge in [0, 0.05) is 35.6 Å². The van der Waals surface area contributed by atoms with Gasteiger partial charge in [-0.15, -0.1) is 0 Å². The highest BCUT2D eigenvalue weighted by Crippen LogP contribution is 2.17. The molecule has 0 spiro atoms. The molecule has 1 aliphatic rings. The Labute approximate surface area is 149 Å². The molecule has 1 amide bonds. The second-order valence-electron chi connectivity index (χ2n) is 5.92. The van der Waals surface area contributed by atoms with E-state index in [4.69, 9.17) is 0 Å². The number of nitrogens with one attached hydrogen (secondary N) is 1. The predicted molar refractivity (Wildman–Crippen MR) is 95.9 cm³/mol. The number of hydrogen-bond acceptors (Lipinski definition) is 5. The third kappa shape index (κ3) is 4.29. The van der Waals surface area contributed by atoms with Crippen molar-refractivity contribution in [1.82, 2.24) is 20.3 Å². The van der Waals surface area contributed by atoms with Gasteiger partial charge in [-0.3, -0.25) is 9.78 Å². The van der Waals surface area contributed by atoms with Crippen molar-refractivity contribution in [3.63, 3.8) is 0 Å². The highest BCUT2D eigenvalue weighted by molar-refractivity contribution is 9.10. The highest BCUT2D eigenvalue weighted by Gasteiger charge is 2.15. The van der Waals surface area contributed by atoms with Gasteiger partial charge in [0.25, 0.3) is 5.91 Å². The number of carbonyl (C=O) groups is 1. The van der Waals surface area contributed by atoms with Gasteiger partial charge < -0.3 is 10.2 Å². The molecule has 6 nitrogen and oxygen atoms in total. The maximum atomic E-state index is 12.2. The lowest BCUT2D eigenvalue weighted by molar-refractivity contribution is 0.0950. The van der Waals surface area contributed by atoms with Crippen molar-refractivity contribution < 1.29 is 4.79 Å². The summed E-state index contributed by atoms with van der Waals surface area (Å²) in [5.74, 6) is 0.600. The van der Waals surface area contributed by atoms with Crippen molar-refractivity contribution in [3.05, 3.63) is 46.0 Å². The molecule has 0 saturated carbocycles. The van der Waals surface area contributed by atoms with Crippen molar-refractivity contribution in [2.24, 2.45) is 0 Å². The third-order valence-electron chi connectivity index (χ3n) is 3.93. The van der Waals surface area contributed by atoms with Gasteiger partial charge in [-0.1, -0.05) is 0 Å². The fourth-order valence-corrected chi connectivity index (χ4v) is 3.12. The van der Waals surface area contributed by atoms with Crippen LogP contribution >= 0.6 is 15.9 Å².